The third-order valence-corrected chi connectivity index (χ3v) is 2.37. The lowest BCUT2D eigenvalue weighted by molar-refractivity contribution is -0.120. The van der Waals surface area contributed by atoms with E-state index < -0.39 is 18.8 Å². The van der Waals surface area contributed by atoms with E-state index >= 15 is 0 Å². The van der Waals surface area contributed by atoms with E-state index in [2.05, 4.69) is 10.1 Å². The molecule has 0 unspecified atom stereocenters. The third-order valence-electron chi connectivity index (χ3n) is 2.37. The van der Waals surface area contributed by atoms with Gasteiger partial charge in [-0.15, -0.1) is 0 Å². The molecule has 1 aromatic rings. The van der Waals surface area contributed by atoms with Gasteiger partial charge in [0.1, 0.15) is 18.1 Å². The molecule has 0 saturated heterocycles. The molecule has 0 saturated carbocycles. The lowest BCUT2D eigenvalue weighted by Gasteiger charge is -2.28. The number of nitrogens with two attached hydrogens (primary N) is 1. The van der Waals surface area contributed by atoms with Crippen molar-refractivity contribution < 1.29 is 18.4 Å². The number of oxime groups is 1. The Morgan fingerprint density at radius 2 is 2.11 bits per heavy atom. The van der Waals surface area contributed by atoms with Crippen LogP contribution in [0.15, 0.2) is 23.4 Å². The van der Waals surface area contributed by atoms with Crippen LogP contribution in [0.1, 0.15) is 19.5 Å². The number of rotatable bonds is 4. The molecule has 0 amide bonds. The van der Waals surface area contributed by atoms with Gasteiger partial charge in [-0.2, -0.15) is 13.2 Å². The second kappa shape index (κ2) is 5.77. The summed E-state index contributed by atoms with van der Waals surface area (Å²) in [6.07, 6.45) is -4.33. The van der Waals surface area contributed by atoms with E-state index in [4.69, 9.17) is 10.9 Å². The molecule has 5 nitrogen and oxygen atoms in total. The van der Waals surface area contributed by atoms with Gasteiger partial charge in [-0.25, -0.2) is 4.98 Å². The number of aromatic nitrogens is 1. The first-order valence-corrected chi connectivity index (χ1v) is 5.53. The first kappa shape index (κ1) is 15.1. The van der Waals surface area contributed by atoms with Crippen LogP contribution < -0.4 is 10.6 Å². The van der Waals surface area contributed by atoms with Crippen LogP contribution in [-0.4, -0.2) is 34.8 Å². The zero-order valence-corrected chi connectivity index (χ0v) is 10.5. The second-order valence-corrected chi connectivity index (χ2v) is 4.20. The first-order valence-electron chi connectivity index (χ1n) is 5.53. The van der Waals surface area contributed by atoms with Crippen LogP contribution in [0.25, 0.3) is 0 Å². The van der Waals surface area contributed by atoms with Crippen LogP contribution in [0.4, 0.5) is 19.0 Å². The fourth-order valence-corrected chi connectivity index (χ4v) is 1.50. The number of hydrogen-bond acceptors (Lipinski definition) is 4. The Kier molecular flexibility index (Phi) is 4.57. The quantitative estimate of drug-likeness (QED) is 0.381. The normalized spacial score (nSPS) is 12.8. The maximum absolute atomic E-state index is 12.5. The highest BCUT2D eigenvalue weighted by atomic mass is 19.4. The van der Waals surface area contributed by atoms with E-state index in [1.807, 2.05) is 0 Å². The fraction of sp³-hybridized carbons (Fsp3) is 0.455. The molecule has 0 aromatic carbocycles. The van der Waals surface area contributed by atoms with Gasteiger partial charge in [0, 0.05) is 6.04 Å². The average Bonchev–Trinajstić information content (AvgIpc) is 2.34. The third kappa shape index (κ3) is 4.31. The van der Waals surface area contributed by atoms with E-state index in [9.17, 15) is 13.2 Å². The molecule has 0 aliphatic heterocycles. The summed E-state index contributed by atoms with van der Waals surface area (Å²) in [5.74, 6) is -0.131. The van der Waals surface area contributed by atoms with Crippen LogP contribution in [0.5, 0.6) is 0 Å². The van der Waals surface area contributed by atoms with Gasteiger partial charge in [0.2, 0.25) is 0 Å². The number of amidine groups is 1. The molecule has 1 aromatic heterocycles. The summed E-state index contributed by atoms with van der Waals surface area (Å²) in [6, 6.07) is 4.00. The summed E-state index contributed by atoms with van der Waals surface area (Å²) in [5, 5.41) is 11.3. The van der Waals surface area contributed by atoms with E-state index in [1.54, 1.807) is 13.8 Å². The molecule has 106 valence electrons. The molecule has 0 radical (unpaired) electrons. The van der Waals surface area contributed by atoms with Crippen LogP contribution in [0.2, 0.25) is 0 Å². The van der Waals surface area contributed by atoms with Crippen molar-refractivity contribution in [3.8, 4) is 0 Å². The van der Waals surface area contributed by atoms with E-state index in [0.717, 1.165) is 4.90 Å². The SMILES string of the molecule is CC(C)N(CC(F)(F)F)c1cccc(C(N)=NO)n1. The largest absolute Gasteiger partial charge is 0.409 e. The van der Waals surface area contributed by atoms with Gasteiger partial charge in [-0.05, 0) is 26.0 Å². The van der Waals surface area contributed by atoms with E-state index in [-0.39, 0.29) is 17.3 Å². The number of pyridine rings is 1. The predicted octanol–water partition coefficient (Wildman–Crippen LogP) is 1.95. The molecule has 0 bridgehead atoms. The lowest BCUT2D eigenvalue weighted by atomic mass is 10.2. The standard InChI is InChI=1S/C11H15F3N4O/c1-7(2)18(6-11(12,13)14)9-5-3-4-8(16-9)10(15)17-19/h3-5,7,19H,6H2,1-2H3,(H2,15,17). The van der Waals surface area contributed by atoms with Crippen molar-refractivity contribution in [1.29, 1.82) is 0 Å². The summed E-state index contributed by atoms with van der Waals surface area (Å²) in [4.78, 5) is 5.05. The minimum atomic E-state index is -4.33. The molecule has 19 heavy (non-hydrogen) atoms. The highest BCUT2D eigenvalue weighted by Crippen LogP contribution is 2.22. The second-order valence-electron chi connectivity index (χ2n) is 4.20. The topological polar surface area (TPSA) is 74.7 Å². The van der Waals surface area contributed by atoms with Crippen molar-refractivity contribution in [2.75, 3.05) is 11.4 Å². The van der Waals surface area contributed by atoms with Crippen molar-refractivity contribution in [2.45, 2.75) is 26.1 Å². The molecular formula is C11H15F3N4O. The zero-order valence-electron chi connectivity index (χ0n) is 10.5. The minimum Gasteiger partial charge on any atom is -0.409 e. The predicted molar refractivity (Wildman–Crippen MR) is 65.3 cm³/mol. The number of halogens is 3. The average molecular weight is 276 g/mol. The lowest BCUT2D eigenvalue weighted by Crippen LogP contribution is -2.39. The van der Waals surface area contributed by atoms with Crippen molar-refractivity contribution >= 4 is 11.7 Å². The van der Waals surface area contributed by atoms with Gasteiger partial charge < -0.3 is 15.8 Å². The van der Waals surface area contributed by atoms with Crippen molar-refractivity contribution in [3.63, 3.8) is 0 Å². The maximum atomic E-state index is 12.5. The molecule has 0 spiro atoms. The highest BCUT2D eigenvalue weighted by molar-refractivity contribution is 5.95. The van der Waals surface area contributed by atoms with Crippen LogP contribution in [-0.2, 0) is 0 Å². The zero-order chi connectivity index (χ0) is 14.6. The number of hydrogen-bond donors (Lipinski definition) is 2. The Morgan fingerprint density at radius 3 is 2.58 bits per heavy atom. The molecule has 0 aliphatic carbocycles. The van der Waals surface area contributed by atoms with Crippen LogP contribution >= 0.6 is 0 Å². The van der Waals surface area contributed by atoms with Crippen molar-refractivity contribution in [1.82, 2.24) is 4.98 Å². The molecule has 0 atom stereocenters. The fourth-order valence-electron chi connectivity index (χ4n) is 1.50. The molecule has 1 rings (SSSR count). The molecule has 1 heterocycles. The Balaban J connectivity index is 3.10. The van der Waals surface area contributed by atoms with Gasteiger partial charge in [0.05, 0.1) is 0 Å². The molecule has 0 aliphatic rings. The van der Waals surface area contributed by atoms with Gasteiger partial charge in [-0.1, -0.05) is 11.2 Å². The summed E-state index contributed by atoms with van der Waals surface area (Å²) < 4.78 is 37.6. The molecule has 8 heteroatoms. The number of nitrogens with zero attached hydrogens (tertiary/aromatic N) is 3. The maximum Gasteiger partial charge on any atom is 0.405 e. The Hall–Kier alpha value is -1.99. The molecule has 0 fully saturated rings. The van der Waals surface area contributed by atoms with Crippen molar-refractivity contribution in [3.05, 3.63) is 23.9 Å². The Morgan fingerprint density at radius 1 is 1.47 bits per heavy atom. The first-order chi connectivity index (χ1) is 8.74. The van der Waals surface area contributed by atoms with Gasteiger partial charge >= 0.3 is 6.18 Å². The smallest absolute Gasteiger partial charge is 0.405 e. The Bertz CT molecular complexity index is 459. The minimum absolute atomic E-state index is 0.118. The highest BCUT2D eigenvalue weighted by Gasteiger charge is 2.32. The number of alkyl halides is 3. The van der Waals surface area contributed by atoms with Gasteiger partial charge in [0.25, 0.3) is 0 Å². The Labute approximate surface area is 108 Å². The summed E-state index contributed by atoms with van der Waals surface area (Å²) in [5.41, 5.74) is 5.48. The van der Waals surface area contributed by atoms with Gasteiger partial charge in [-0.3, -0.25) is 0 Å². The summed E-state index contributed by atoms with van der Waals surface area (Å²) in [6.45, 7) is 2.14. The summed E-state index contributed by atoms with van der Waals surface area (Å²) in [7, 11) is 0. The van der Waals surface area contributed by atoms with Crippen LogP contribution in [0.3, 0.4) is 0 Å². The van der Waals surface area contributed by atoms with Crippen molar-refractivity contribution in [2.24, 2.45) is 10.9 Å². The van der Waals surface area contributed by atoms with Crippen LogP contribution in [0, 0.1) is 0 Å². The number of anilines is 1. The van der Waals surface area contributed by atoms with E-state index in [1.165, 1.54) is 18.2 Å². The van der Waals surface area contributed by atoms with E-state index in [0.29, 0.717) is 0 Å². The molecule has 3 N–H and O–H groups in total. The molecular weight excluding hydrogens is 261 g/mol. The monoisotopic (exact) mass is 276 g/mol. The van der Waals surface area contributed by atoms with Gasteiger partial charge in [0.15, 0.2) is 5.84 Å². The summed E-state index contributed by atoms with van der Waals surface area (Å²) >= 11 is 0.